The average Bonchev–Trinajstić information content (AvgIpc) is 2.43. The van der Waals surface area contributed by atoms with Crippen molar-refractivity contribution in [3.05, 3.63) is 34.9 Å². The van der Waals surface area contributed by atoms with Crippen molar-refractivity contribution in [1.82, 2.24) is 4.31 Å². The summed E-state index contributed by atoms with van der Waals surface area (Å²) >= 11 is 0. The van der Waals surface area contributed by atoms with Crippen molar-refractivity contribution >= 4 is 25.8 Å². The Hall–Kier alpha value is -1.47. The van der Waals surface area contributed by atoms with Gasteiger partial charge in [0, 0.05) is 13.6 Å². The van der Waals surface area contributed by atoms with Crippen molar-refractivity contribution in [1.29, 1.82) is 0 Å². The van der Waals surface area contributed by atoms with Crippen molar-refractivity contribution < 1.29 is 39.6 Å². The standard InChI is InChI=1S/C12H12F6N2O3S2/c1-20(25(22,23)24-6-10(19)21)5-7-4-8(11(13,14)15)2-3-9(7)12(16,17)18/h2-4H,5-6H2,1H3,(H2,19,21). The van der Waals surface area contributed by atoms with E-state index < -0.39 is 56.3 Å². The largest absolute Gasteiger partial charge is 0.416 e. The van der Waals surface area contributed by atoms with Crippen LogP contribution in [0.5, 0.6) is 0 Å². The van der Waals surface area contributed by atoms with Gasteiger partial charge in [-0.05, 0) is 34.6 Å². The molecule has 0 aromatic heterocycles. The van der Waals surface area contributed by atoms with Crippen LogP contribution in [0.4, 0.5) is 26.3 Å². The fourth-order valence-electron chi connectivity index (χ4n) is 1.72. The minimum absolute atomic E-state index is 0.0574. The number of alkyl halides is 6. The maximum Gasteiger partial charge on any atom is 0.416 e. The molecule has 0 spiro atoms. The number of hydrogen-bond donors (Lipinski definition) is 1. The molecule has 0 fully saturated rings. The van der Waals surface area contributed by atoms with E-state index in [0.29, 0.717) is 4.31 Å². The van der Waals surface area contributed by atoms with E-state index in [-0.39, 0.29) is 29.0 Å². The van der Waals surface area contributed by atoms with Crippen LogP contribution in [-0.4, -0.2) is 31.4 Å². The number of carbonyl (C=O) groups is 1. The Morgan fingerprint density at radius 3 is 2.16 bits per heavy atom. The molecule has 5 nitrogen and oxygen atoms in total. The molecule has 0 unspecified atom stereocenters. The first-order valence-electron chi connectivity index (χ1n) is 6.31. The van der Waals surface area contributed by atoms with Crippen molar-refractivity contribution in [3.63, 3.8) is 0 Å². The predicted molar refractivity (Wildman–Crippen MR) is 78.5 cm³/mol. The van der Waals surface area contributed by atoms with Crippen molar-refractivity contribution in [2.45, 2.75) is 18.9 Å². The van der Waals surface area contributed by atoms with Crippen LogP contribution >= 0.6 is 10.8 Å². The summed E-state index contributed by atoms with van der Waals surface area (Å²) in [6.45, 7) is -0.965. The fraction of sp³-hybridized carbons (Fsp3) is 0.417. The molecule has 0 aliphatic carbocycles. The number of halogens is 6. The molecule has 0 bridgehead atoms. The lowest BCUT2D eigenvalue weighted by atomic mass is 10.0. The summed E-state index contributed by atoms with van der Waals surface area (Å²) < 4.78 is 101. The molecule has 142 valence electrons. The molecule has 1 amide bonds. The number of nitrogens with two attached hydrogens (primary N) is 1. The van der Waals surface area contributed by atoms with Crippen LogP contribution in [0, 0.1) is 0 Å². The second-order valence-electron chi connectivity index (χ2n) is 4.81. The lowest BCUT2D eigenvalue weighted by Gasteiger charge is -2.20. The quantitative estimate of drug-likeness (QED) is 0.578. The first-order chi connectivity index (χ1) is 11.1. The van der Waals surface area contributed by atoms with Gasteiger partial charge in [0.05, 0.1) is 16.9 Å². The Morgan fingerprint density at radius 1 is 1.16 bits per heavy atom. The zero-order valence-corrected chi connectivity index (χ0v) is 14.1. The van der Waals surface area contributed by atoms with E-state index in [4.69, 9.17) is 5.73 Å². The molecule has 1 aromatic carbocycles. The summed E-state index contributed by atoms with van der Waals surface area (Å²) in [5, 5.41) is 0. The molecule has 1 rings (SSSR count). The van der Waals surface area contributed by atoms with Crippen LogP contribution in [0.15, 0.2) is 18.2 Å². The molecular formula is C12H12F6N2O3S2. The average molecular weight is 410 g/mol. The highest BCUT2D eigenvalue weighted by molar-refractivity contribution is 8.71. The van der Waals surface area contributed by atoms with Crippen molar-refractivity contribution in [2.24, 2.45) is 5.73 Å². The fourth-order valence-corrected chi connectivity index (χ4v) is 3.95. The Morgan fingerprint density at radius 2 is 1.72 bits per heavy atom. The summed E-state index contributed by atoms with van der Waals surface area (Å²) in [4.78, 5) is 10.6. The van der Waals surface area contributed by atoms with Crippen LogP contribution in [0.2, 0.25) is 0 Å². The third-order valence-corrected chi connectivity index (χ3v) is 6.47. The van der Waals surface area contributed by atoms with E-state index in [1.165, 1.54) is 0 Å². The van der Waals surface area contributed by atoms with Gasteiger partial charge < -0.3 is 5.73 Å². The molecular weight excluding hydrogens is 398 g/mol. The van der Waals surface area contributed by atoms with E-state index in [1.807, 2.05) is 0 Å². The maximum atomic E-state index is 13.0. The second kappa shape index (κ2) is 7.41. The van der Waals surface area contributed by atoms with Gasteiger partial charge in [-0.3, -0.25) is 4.79 Å². The third kappa shape index (κ3) is 6.08. The van der Waals surface area contributed by atoms with Gasteiger partial charge in [0.25, 0.3) is 9.06 Å². The van der Waals surface area contributed by atoms with Gasteiger partial charge in [-0.15, -0.1) is 0 Å². The highest BCUT2D eigenvalue weighted by Crippen LogP contribution is 2.37. The highest BCUT2D eigenvalue weighted by Gasteiger charge is 2.37. The van der Waals surface area contributed by atoms with Crippen LogP contribution in [-0.2, 0) is 32.7 Å². The number of hydrogen-bond acceptors (Lipinski definition) is 4. The Kier molecular flexibility index (Phi) is 6.40. The number of nitrogens with zero attached hydrogens (tertiary/aromatic N) is 1. The Balaban J connectivity index is 3.23. The van der Waals surface area contributed by atoms with E-state index in [2.05, 4.69) is 0 Å². The smallest absolute Gasteiger partial charge is 0.369 e. The molecule has 1 aromatic rings. The maximum absolute atomic E-state index is 13.0. The van der Waals surface area contributed by atoms with E-state index >= 15 is 0 Å². The predicted octanol–water partition coefficient (Wildman–Crippen LogP) is 2.62. The first kappa shape index (κ1) is 21.6. The van der Waals surface area contributed by atoms with Gasteiger partial charge in [-0.25, -0.2) is 8.42 Å². The summed E-state index contributed by atoms with van der Waals surface area (Å²) in [7, 11) is -3.33. The monoisotopic (exact) mass is 410 g/mol. The van der Waals surface area contributed by atoms with E-state index in [0.717, 1.165) is 7.05 Å². The van der Waals surface area contributed by atoms with Crippen LogP contribution in [0.1, 0.15) is 16.7 Å². The number of rotatable bonds is 6. The van der Waals surface area contributed by atoms with Gasteiger partial charge >= 0.3 is 12.4 Å². The van der Waals surface area contributed by atoms with Crippen LogP contribution in [0.25, 0.3) is 0 Å². The zero-order valence-electron chi connectivity index (χ0n) is 12.5. The minimum atomic E-state index is -4.97. The summed E-state index contributed by atoms with van der Waals surface area (Å²) in [5.74, 6) is -1.63. The summed E-state index contributed by atoms with van der Waals surface area (Å²) in [5.41, 5.74) is 1.19. The Labute approximate surface area is 142 Å². The van der Waals surface area contributed by atoms with Crippen LogP contribution in [0.3, 0.4) is 0 Å². The normalized spacial score (nSPS) is 13.3. The molecule has 0 heterocycles. The summed E-state index contributed by atoms with van der Waals surface area (Å²) in [6, 6.07) is 0.755. The molecule has 0 radical (unpaired) electrons. The number of benzene rings is 1. The van der Waals surface area contributed by atoms with Gasteiger partial charge in [0.2, 0.25) is 5.91 Å². The van der Waals surface area contributed by atoms with Crippen molar-refractivity contribution in [2.75, 3.05) is 12.8 Å². The molecule has 13 heteroatoms. The SMILES string of the molecule is CN(Cc1cc(C(F)(F)F)ccc1C(F)(F)F)S(=O)(=O)SCC(N)=O. The number of amides is 1. The van der Waals surface area contributed by atoms with Crippen molar-refractivity contribution in [3.8, 4) is 0 Å². The van der Waals surface area contributed by atoms with Gasteiger partial charge in [-0.1, -0.05) is 0 Å². The van der Waals surface area contributed by atoms with Gasteiger partial charge in [0.15, 0.2) is 0 Å². The highest BCUT2D eigenvalue weighted by atomic mass is 33.1. The van der Waals surface area contributed by atoms with Gasteiger partial charge in [-0.2, -0.15) is 30.6 Å². The molecule has 0 saturated heterocycles. The molecule has 25 heavy (non-hydrogen) atoms. The molecule has 0 aliphatic rings. The van der Waals surface area contributed by atoms with Gasteiger partial charge in [0.1, 0.15) is 0 Å². The topological polar surface area (TPSA) is 80.5 Å². The minimum Gasteiger partial charge on any atom is -0.369 e. The second-order valence-corrected chi connectivity index (χ2v) is 8.78. The van der Waals surface area contributed by atoms with E-state index in [9.17, 15) is 39.6 Å². The Bertz CT molecular complexity index is 746. The molecule has 0 atom stereocenters. The van der Waals surface area contributed by atoms with Crippen LogP contribution < -0.4 is 5.73 Å². The number of carbonyl (C=O) groups excluding carboxylic acids is 1. The lowest BCUT2D eigenvalue weighted by Crippen LogP contribution is -2.27. The zero-order chi connectivity index (χ0) is 19.6. The number of primary amides is 1. The molecule has 0 saturated carbocycles. The molecule has 2 N–H and O–H groups in total. The lowest BCUT2D eigenvalue weighted by molar-refractivity contribution is -0.142. The molecule has 0 aliphatic heterocycles. The summed E-state index contributed by atoms with van der Waals surface area (Å²) in [6.07, 6.45) is -9.86. The first-order valence-corrected chi connectivity index (χ1v) is 9.25. The third-order valence-electron chi connectivity index (χ3n) is 2.86. The van der Waals surface area contributed by atoms with E-state index in [1.54, 1.807) is 0 Å².